The molecule has 0 unspecified atom stereocenters. The molecule has 130 valence electrons. The molecule has 1 amide bonds. The SMILES string of the molecule is O=C(N[C@@H]1CN(Cc2cn[nH]c2-c2cccs2)C[C@H]1O)c1cnc[nH]1. The van der Waals surface area contributed by atoms with E-state index >= 15 is 0 Å². The van der Waals surface area contributed by atoms with Crippen molar-refractivity contribution < 1.29 is 9.90 Å². The van der Waals surface area contributed by atoms with Crippen LogP contribution in [0.25, 0.3) is 10.6 Å². The summed E-state index contributed by atoms with van der Waals surface area (Å²) in [5.41, 5.74) is 2.48. The molecular formula is C16H18N6O2S. The van der Waals surface area contributed by atoms with E-state index in [1.165, 1.54) is 12.5 Å². The highest BCUT2D eigenvalue weighted by molar-refractivity contribution is 7.13. The van der Waals surface area contributed by atoms with Gasteiger partial charge in [-0.1, -0.05) is 6.07 Å². The van der Waals surface area contributed by atoms with Crippen molar-refractivity contribution in [1.82, 2.24) is 30.4 Å². The standard InChI is InChI=1S/C16H18N6O2S/c23-13-8-22(7-12(13)20-16(24)11-5-17-9-18-11)6-10-4-19-21-15(10)14-2-1-3-25-14/h1-5,9,12-13,23H,6-8H2,(H,17,18)(H,19,21)(H,20,24)/t12-,13-/m1/s1. The molecule has 1 fully saturated rings. The number of aromatic amines is 2. The molecule has 8 nitrogen and oxygen atoms in total. The maximum absolute atomic E-state index is 12.1. The van der Waals surface area contributed by atoms with E-state index in [9.17, 15) is 9.90 Å². The first-order chi connectivity index (χ1) is 12.2. The van der Waals surface area contributed by atoms with Gasteiger partial charge in [-0.2, -0.15) is 5.10 Å². The zero-order valence-corrected chi connectivity index (χ0v) is 14.2. The average Bonchev–Trinajstić information content (AvgIpc) is 3.36. The molecule has 4 rings (SSSR count). The highest BCUT2D eigenvalue weighted by Crippen LogP contribution is 2.27. The lowest BCUT2D eigenvalue weighted by molar-refractivity contribution is 0.0884. The topological polar surface area (TPSA) is 110 Å². The van der Waals surface area contributed by atoms with Crippen LogP contribution in [0, 0.1) is 0 Å². The molecule has 25 heavy (non-hydrogen) atoms. The first-order valence-corrected chi connectivity index (χ1v) is 8.84. The quantitative estimate of drug-likeness (QED) is 0.540. The Morgan fingerprint density at radius 3 is 3.12 bits per heavy atom. The first kappa shape index (κ1) is 16.0. The van der Waals surface area contributed by atoms with Crippen molar-refractivity contribution >= 4 is 17.2 Å². The van der Waals surface area contributed by atoms with Crippen LogP contribution in [0.4, 0.5) is 0 Å². The summed E-state index contributed by atoms with van der Waals surface area (Å²) < 4.78 is 0. The minimum Gasteiger partial charge on any atom is -0.390 e. The molecule has 3 aromatic heterocycles. The van der Waals surface area contributed by atoms with E-state index in [1.54, 1.807) is 11.3 Å². The van der Waals surface area contributed by atoms with Gasteiger partial charge in [-0.3, -0.25) is 14.8 Å². The van der Waals surface area contributed by atoms with Crippen molar-refractivity contribution in [2.24, 2.45) is 0 Å². The summed E-state index contributed by atoms with van der Waals surface area (Å²) >= 11 is 1.66. The van der Waals surface area contributed by atoms with Crippen LogP contribution in [0.1, 0.15) is 16.1 Å². The van der Waals surface area contributed by atoms with Gasteiger partial charge in [-0.05, 0) is 11.4 Å². The van der Waals surface area contributed by atoms with Crippen LogP contribution in [-0.4, -0.2) is 61.3 Å². The van der Waals surface area contributed by atoms with Crippen LogP contribution >= 0.6 is 11.3 Å². The summed E-state index contributed by atoms with van der Waals surface area (Å²) in [6.45, 7) is 1.75. The highest BCUT2D eigenvalue weighted by atomic mass is 32.1. The van der Waals surface area contributed by atoms with Crippen LogP contribution in [0.5, 0.6) is 0 Å². The van der Waals surface area contributed by atoms with Crippen molar-refractivity contribution in [3.63, 3.8) is 0 Å². The zero-order valence-electron chi connectivity index (χ0n) is 13.3. The van der Waals surface area contributed by atoms with Gasteiger partial charge in [0.2, 0.25) is 0 Å². The molecule has 1 saturated heterocycles. The first-order valence-electron chi connectivity index (χ1n) is 7.96. The van der Waals surface area contributed by atoms with E-state index in [0.717, 1.165) is 16.1 Å². The molecule has 0 spiro atoms. The number of carbonyl (C=O) groups excluding carboxylic acids is 1. The fraction of sp³-hybridized carbons (Fsp3) is 0.312. The van der Waals surface area contributed by atoms with Crippen molar-refractivity contribution in [1.29, 1.82) is 0 Å². The fourth-order valence-corrected chi connectivity index (χ4v) is 3.82. The summed E-state index contributed by atoms with van der Waals surface area (Å²) in [7, 11) is 0. The second-order valence-corrected chi connectivity index (χ2v) is 7.00. The van der Waals surface area contributed by atoms with Crippen molar-refractivity contribution in [3.05, 3.63) is 47.5 Å². The van der Waals surface area contributed by atoms with Crippen molar-refractivity contribution in [2.75, 3.05) is 13.1 Å². The van der Waals surface area contributed by atoms with Crippen LogP contribution in [-0.2, 0) is 6.54 Å². The van der Waals surface area contributed by atoms with Crippen molar-refractivity contribution in [2.45, 2.75) is 18.7 Å². The van der Waals surface area contributed by atoms with Gasteiger partial charge in [0.25, 0.3) is 5.91 Å². The van der Waals surface area contributed by atoms with Gasteiger partial charge >= 0.3 is 0 Å². The van der Waals surface area contributed by atoms with Gasteiger partial charge in [0, 0.05) is 25.2 Å². The molecule has 4 N–H and O–H groups in total. The number of H-pyrrole nitrogens is 2. The number of rotatable bonds is 5. The minimum absolute atomic E-state index is 0.258. The number of nitrogens with one attached hydrogen (secondary N) is 3. The highest BCUT2D eigenvalue weighted by Gasteiger charge is 2.33. The summed E-state index contributed by atoms with van der Waals surface area (Å²) in [6.07, 6.45) is 4.13. The zero-order chi connectivity index (χ0) is 17.2. The lowest BCUT2D eigenvalue weighted by Crippen LogP contribution is -2.42. The van der Waals surface area contributed by atoms with E-state index in [4.69, 9.17) is 0 Å². The molecule has 0 radical (unpaired) electrons. The Kier molecular flexibility index (Phi) is 4.35. The summed E-state index contributed by atoms with van der Waals surface area (Å²) in [4.78, 5) is 22.0. The molecule has 9 heteroatoms. The number of thiophene rings is 1. The van der Waals surface area contributed by atoms with Crippen LogP contribution in [0.3, 0.4) is 0 Å². The monoisotopic (exact) mass is 358 g/mol. The molecular weight excluding hydrogens is 340 g/mol. The molecule has 0 aromatic carbocycles. The number of nitrogens with zero attached hydrogens (tertiary/aromatic N) is 3. The van der Waals surface area contributed by atoms with E-state index in [1.807, 2.05) is 23.7 Å². The number of β-amino-alcohol motifs (C(OH)–C–C–N with tert-alkyl or cyclic N) is 1. The number of imidazole rings is 1. The lowest BCUT2D eigenvalue weighted by atomic mass is 10.2. The van der Waals surface area contributed by atoms with Gasteiger partial charge in [0.1, 0.15) is 5.69 Å². The Labute approximate surface area is 147 Å². The summed E-state index contributed by atoms with van der Waals surface area (Å²) in [5.74, 6) is -0.258. The van der Waals surface area contributed by atoms with Gasteiger partial charge in [-0.15, -0.1) is 11.3 Å². The molecule has 4 heterocycles. The molecule has 0 bridgehead atoms. The van der Waals surface area contributed by atoms with E-state index in [0.29, 0.717) is 25.3 Å². The fourth-order valence-electron chi connectivity index (χ4n) is 3.07. The Hall–Kier alpha value is -2.49. The van der Waals surface area contributed by atoms with Gasteiger partial charge in [0.15, 0.2) is 0 Å². The number of hydrogen-bond acceptors (Lipinski definition) is 6. The normalized spacial score (nSPS) is 20.8. The second kappa shape index (κ2) is 6.79. The maximum Gasteiger partial charge on any atom is 0.269 e. The van der Waals surface area contributed by atoms with Crippen LogP contribution in [0.2, 0.25) is 0 Å². The molecule has 1 aliphatic heterocycles. The number of likely N-dealkylation sites (tertiary alicyclic amines) is 1. The predicted molar refractivity (Wildman–Crippen MR) is 93.0 cm³/mol. The van der Waals surface area contributed by atoms with Gasteiger partial charge < -0.3 is 15.4 Å². The Bertz CT molecular complexity index is 829. The average molecular weight is 358 g/mol. The van der Waals surface area contributed by atoms with E-state index < -0.39 is 6.10 Å². The third-order valence-electron chi connectivity index (χ3n) is 4.30. The Balaban J connectivity index is 1.41. The molecule has 0 saturated carbocycles. The number of aliphatic hydroxyl groups excluding tert-OH is 1. The lowest BCUT2D eigenvalue weighted by Gasteiger charge is -2.16. The summed E-state index contributed by atoms with van der Waals surface area (Å²) in [5, 5.41) is 22.4. The number of hydrogen-bond donors (Lipinski definition) is 4. The van der Waals surface area contributed by atoms with Gasteiger partial charge in [-0.25, -0.2) is 4.98 Å². The number of amides is 1. The van der Waals surface area contributed by atoms with Crippen molar-refractivity contribution in [3.8, 4) is 10.6 Å². The molecule has 0 aliphatic carbocycles. The van der Waals surface area contributed by atoms with Gasteiger partial charge in [0.05, 0.1) is 41.4 Å². The number of aliphatic hydroxyl groups is 1. The van der Waals surface area contributed by atoms with E-state index in [-0.39, 0.29) is 11.9 Å². The Morgan fingerprint density at radius 2 is 2.36 bits per heavy atom. The third-order valence-corrected chi connectivity index (χ3v) is 5.19. The molecule has 2 atom stereocenters. The second-order valence-electron chi connectivity index (χ2n) is 6.05. The molecule has 3 aromatic rings. The molecule has 1 aliphatic rings. The predicted octanol–water partition coefficient (Wildman–Crippen LogP) is 0.836. The summed E-state index contributed by atoms with van der Waals surface area (Å²) in [6, 6.07) is 3.74. The number of carbonyl (C=O) groups is 1. The van der Waals surface area contributed by atoms with Crippen LogP contribution < -0.4 is 5.32 Å². The smallest absolute Gasteiger partial charge is 0.269 e. The largest absolute Gasteiger partial charge is 0.390 e. The minimum atomic E-state index is -0.607. The number of aromatic nitrogens is 4. The Morgan fingerprint density at radius 1 is 1.44 bits per heavy atom. The van der Waals surface area contributed by atoms with Crippen LogP contribution in [0.15, 0.2) is 36.2 Å². The maximum atomic E-state index is 12.1. The van der Waals surface area contributed by atoms with E-state index in [2.05, 4.69) is 30.4 Å². The third kappa shape index (κ3) is 3.34.